The SMILES string of the molecule is CCCCCCN(Cc1cccc(-n2ncc(C(=O)O)c2C2CC2c2cn(C)nn2)c1)S(=O)(=O)c1cccc(-c2ccccc2)c1. The van der Waals surface area contributed by atoms with E-state index in [4.69, 9.17) is 0 Å². The molecule has 3 aromatic carbocycles. The Labute approximate surface area is 269 Å². The molecule has 11 heteroatoms. The van der Waals surface area contributed by atoms with Gasteiger partial charge in [-0.05, 0) is 53.8 Å². The molecule has 0 radical (unpaired) electrons. The first-order valence-electron chi connectivity index (χ1n) is 15.7. The van der Waals surface area contributed by atoms with Crippen LogP contribution in [0.2, 0.25) is 0 Å². The number of aromatic carboxylic acids is 1. The number of aryl methyl sites for hydroxylation is 1. The Hall–Kier alpha value is -4.61. The third-order valence-electron chi connectivity index (χ3n) is 8.53. The third-order valence-corrected chi connectivity index (χ3v) is 10.4. The van der Waals surface area contributed by atoms with Crippen LogP contribution in [0.15, 0.2) is 96.2 Å². The Morgan fingerprint density at radius 1 is 0.957 bits per heavy atom. The van der Waals surface area contributed by atoms with Crippen molar-refractivity contribution in [2.75, 3.05) is 6.54 Å². The van der Waals surface area contributed by atoms with Gasteiger partial charge in [0.05, 0.1) is 28.2 Å². The molecule has 2 heterocycles. The van der Waals surface area contributed by atoms with Crippen LogP contribution in [0.5, 0.6) is 0 Å². The quantitative estimate of drug-likeness (QED) is 0.140. The largest absolute Gasteiger partial charge is 0.478 e. The Morgan fingerprint density at radius 2 is 1.74 bits per heavy atom. The summed E-state index contributed by atoms with van der Waals surface area (Å²) in [7, 11) is -2.03. The fraction of sp³-hybridized carbons (Fsp3) is 0.314. The number of rotatable bonds is 14. The summed E-state index contributed by atoms with van der Waals surface area (Å²) >= 11 is 0. The van der Waals surface area contributed by atoms with Crippen molar-refractivity contribution in [2.45, 2.75) is 62.3 Å². The van der Waals surface area contributed by atoms with Crippen molar-refractivity contribution in [3.8, 4) is 16.8 Å². The molecule has 2 aromatic heterocycles. The number of aromatic nitrogens is 5. The lowest BCUT2D eigenvalue weighted by atomic mass is 10.1. The van der Waals surface area contributed by atoms with Crippen molar-refractivity contribution in [1.82, 2.24) is 29.1 Å². The van der Waals surface area contributed by atoms with Crippen LogP contribution in [-0.4, -0.2) is 55.1 Å². The van der Waals surface area contributed by atoms with Crippen LogP contribution in [0.1, 0.15) is 78.2 Å². The normalized spacial score (nSPS) is 16.2. The average molecular weight is 639 g/mol. The number of carboxylic acids is 1. The van der Waals surface area contributed by atoms with E-state index in [-0.39, 0.29) is 28.8 Å². The summed E-state index contributed by atoms with van der Waals surface area (Å²) in [5.41, 5.74) is 4.85. The number of unbranched alkanes of at least 4 members (excludes halogenated alkanes) is 3. The van der Waals surface area contributed by atoms with Gasteiger partial charge in [-0.15, -0.1) is 5.10 Å². The van der Waals surface area contributed by atoms with E-state index in [0.717, 1.165) is 54.5 Å². The topological polar surface area (TPSA) is 123 Å². The highest BCUT2D eigenvalue weighted by atomic mass is 32.2. The monoisotopic (exact) mass is 638 g/mol. The predicted octanol–water partition coefficient (Wildman–Crippen LogP) is 6.41. The molecule has 0 aliphatic heterocycles. The van der Waals surface area contributed by atoms with Gasteiger partial charge in [0.2, 0.25) is 10.0 Å². The Morgan fingerprint density at radius 3 is 2.48 bits per heavy atom. The zero-order chi connectivity index (χ0) is 32.3. The van der Waals surface area contributed by atoms with E-state index in [2.05, 4.69) is 22.3 Å². The van der Waals surface area contributed by atoms with Crippen molar-refractivity contribution < 1.29 is 18.3 Å². The zero-order valence-electron chi connectivity index (χ0n) is 26.0. The minimum atomic E-state index is -3.83. The van der Waals surface area contributed by atoms with Crippen molar-refractivity contribution >= 4 is 16.0 Å². The second kappa shape index (κ2) is 13.4. The van der Waals surface area contributed by atoms with Crippen LogP contribution < -0.4 is 0 Å². The van der Waals surface area contributed by atoms with E-state index < -0.39 is 16.0 Å². The lowest BCUT2D eigenvalue weighted by molar-refractivity contribution is 0.0695. The summed E-state index contributed by atoms with van der Waals surface area (Å²) in [6, 6.07) is 24.4. The maximum atomic E-state index is 14.2. The van der Waals surface area contributed by atoms with Gasteiger partial charge in [-0.1, -0.05) is 86.0 Å². The fourth-order valence-corrected chi connectivity index (χ4v) is 7.56. The number of carboxylic acid groups (broad SMARTS) is 1. The van der Waals surface area contributed by atoms with Crippen molar-refractivity contribution in [3.63, 3.8) is 0 Å². The fourth-order valence-electron chi connectivity index (χ4n) is 6.05. The highest BCUT2D eigenvalue weighted by Crippen LogP contribution is 2.55. The number of sulfonamides is 1. The standard InChI is InChI=1S/C35H38N6O4S/c1-3-4-5-9-18-40(46(44,45)29-17-11-15-27(20-29)26-13-7-6-8-14-26)23-25-12-10-16-28(19-25)41-34(32(22-36-41)35(42)43)31-21-30(31)33-24-39(2)38-37-33/h6-8,10-17,19-20,22,24,30-31H,3-5,9,18,21,23H2,1-2H3,(H,42,43). The molecule has 0 bridgehead atoms. The Kier molecular flexibility index (Phi) is 9.14. The van der Waals surface area contributed by atoms with Gasteiger partial charge in [-0.2, -0.15) is 9.40 Å². The first-order chi connectivity index (χ1) is 22.3. The second-order valence-corrected chi connectivity index (χ2v) is 13.8. The van der Waals surface area contributed by atoms with Gasteiger partial charge in [0.25, 0.3) is 0 Å². The minimum absolute atomic E-state index is 0.0563. The van der Waals surface area contributed by atoms with Crippen molar-refractivity contribution in [2.24, 2.45) is 7.05 Å². The van der Waals surface area contributed by atoms with E-state index in [1.807, 2.05) is 66.9 Å². The molecular formula is C35H38N6O4S. The molecule has 6 rings (SSSR count). The molecule has 0 saturated heterocycles. The molecule has 1 N–H and O–H groups in total. The molecule has 46 heavy (non-hydrogen) atoms. The van der Waals surface area contributed by atoms with E-state index in [1.54, 1.807) is 38.9 Å². The van der Waals surface area contributed by atoms with Crippen LogP contribution in [-0.2, 0) is 23.6 Å². The van der Waals surface area contributed by atoms with Crippen LogP contribution in [0.25, 0.3) is 16.8 Å². The van der Waals surface area contributed by atoms with Crippen LogP contribution in [0.4, 0.5) is 0 Å². The van der Waals surface area contributed by atoms with Gasteiger partial charge >= 0.3 is 5.97 Å². The molecule has 1 saturated carbocycles. The van der Waals surface area contributed by atoms with E-state index in [0.29, 0.717) is 17.9 Å². The van der Waals surface area contributed by atoms with Crippen molar-refractivity contribution in [1.29, 1.82) is 0 Å². The zero-order valence-corrected chi connectivity index (χ0v) is 26.8. The van der Waals surface area contributed by atoms with Crippen LogP contribution in [0, 0.1) is 0 Å². The summed E-state index contributed by atoms with van der Waals surface area (Å²) < 4.78 is 33.2. The average Bonchev–Trinajstić information content (AvgIpc) is 3.51. The van der Waals surface area contributed by atoms with Gasteiger partial charge in [0, 0.05) is 38.2 Å². The molecule has 0 amide bonds. The summed E-state index contributed by atoms with van der Waals surface area (Å²) in [6.07, 6.45) is 7.78. The molecule has 1 aliphatic rings. The first-order valence-corrected chi connectivity index (χ1v) is 17.1. The number of hydrogen-bond acceptors (Lipinski definition) is 6. The highest BCUT2D eigenvalue weighted by molar-refractivity contribution is 7.89. The Balaban J connectivity index is 1.31. The number of carbonyl (C=O) groups is 1. The molecule has 1 aliphatic carbocycles. The molecule has 0 spiro atoms. The molecule has 2 unspecified atom stereocenters. The third kappa shape index (κ3) is 6.66. The van der Waals surface area contributed by atoms with Gasteiger partial charge in [0.15, 0.2) is 0 Å². The van der Waals surface area contributed by atoms with Crippen molar-refractivity contribution in [3.05, 3.63) is 114 Å². The Bertz CT molecular complexity index is 1940. The molecule has 238 valence electrons. The maximum Gasteiger partial charge on any atom is 0.339 e. The smallest absolute Gasteiger partial charge is 0.339 e. The molecular weight excluding hydrogens is 600 g/mol. The van der Waals surface area contributed by atoms with Crippen LogP contribution >= 0.6 is 0 Å². The maximum absolute atomic E-state index is 14.2. The highest BCUT2D eigenvalue weighted by Gasteiger charge is 2.46. The first kappa shape index (κ1) is 31.4. The molecule has 1 fully saturated rings. The second-order valence-electron chi connectivity index (χ2n) is 11.9. The summed E-state index contributed by atoms with van der Waals surface area (Å²) in [5.74, 6) is -1.05. The predicted molar refractivity (Wildman–Crippen MR) is 175 cm³/mol. The van der Waals surface area contributed by atoms with Gasteiger partial charge in [-0.3, -0.25) is 4.68 Å². The minimum Gasteiger partial charge on any atom is -0.478 e. The lowest BCUT2D eigenvalue weighted by Crippen LogP contribution is -2.31. The summed E-state index contributed by atoms with van der Waals surface area (Å²) in [5, 5.41) is 22.8. The molecule has 2 atom stereocenters. The summed E-state index contributed by atoms with van der Waals surface area (Å²) in [6.45, 7) is 2.69. The van der Waals surface area contributed by atoms with Gasteiger partial charge in [0.1, 0.15) is 5.56 Å². The molecule has 10 nitrogen and oxygen atoms in total. The van der Waals surface area contributed by atoms with Gasteiger partial charge in [-0.25, -0.2) is 17.9 Å². The summed E-state index contributed by atoms with van der Waals surface area (Å²) in [4.78, 5) is 12.5. The number of nitrogens with zero attached hydrogens (tertiary/aromatic N) is 6. The lowest BCUT2D eigenvalue weighted by Gasteiger charge is -2.23. The number of hydrogen-bond donors (Lipinski definition) is 1. The van der Waals surface area contributed by atoms with E-state index >= 15 is 0 Å². The van der Waals surface area contributed by atoms with Gasteiger partial charge < -0.3 is 5.11 Å². The van der Waals surface area contributed by atoms with Crippen LogP contribution in [0.3, 0.4) is 0 Å². The number of benzene rings is 3. The van der Waals surface area contributed by atoms with E-state index in [9.17, 15) is 18.3 Å². The van der Waals surface area contributed by atoms with E-state index in [1.165, 1.54) is 6.20 Å². The molecule has 5 aromatic rings.